The number of aliphatic hydroxyl groups excluding tert-OH is 1. The standard InChI is InChI=1S/C9H11NO2/c11-7-6-10-12-8-9-4-2-1-3-5-9/h1-6,11H,7-8H2/b10-6+. The Morgan fingerprint density at radius 2 is 2.08 bits per heavy atom. The fraction of sp³-hybridized carbons (Fsp3) is 0.222. The van der Waals surface area contributed by atoms with Crippen LogP contribution in [0.2, 0.25) is 0 Å². The van der Waals surface area contributed by atoms with E-state index >= 15 is 0 Å². The Balaban J connectivity index is 2.29. The van der Waals surface area contributed by atoms with Gasteiger partial charge in [0.15, 0.2) is 0 Å². The zero-order valence-corrected chi connectivity index (χ0v) is 6.68. The van der Waals surface area contributed by atoms with Crippen LogP contribution in [0.15, 0.2) is 35.5 Å². The molecule has 1 rings (SSSR count). The highest BCUT2D eigenvalue weighted by Gasteiger charge is 1.87. The quantitative estimate of drug-likeness (QED) is 0.537. The van der Waals surface area contributed by atoms with Crippen molar-refractivity contribution in [2.24, 2.45) is 5.16 Å². The van der Waals surface area contributed by atoms with Crippen molar-refractivity contribution in [2.45, 2.75) is 6.61 Å². The molecule has 12 heavy (non-hydrogen) atoms. The van der Waals surface area contributed by atoms with Crippen LogP contribution in [0.5, 0.6) is 0 Å². The van der Waals surface area contributed by atoms with Crippen molar-refractivity contribution < 1.29 is 9.94 Å². The molecule has 0 bridgehead atoms. The fourth-order valence-electron chi connectivity index (χ4n) is 0.772. The van der Waals surface area contributed by atoms with Gasteiger partial charge in [-0.1, -0.05) is 35.5 Å². The van der Waals surface area contributed by atoms with E-state index in [0.29, 0.717) is 6.61 Å². The second-order valence-corrected chi connectivity index (χ2v) is 2.23. The molecule has 0 atom stereocenters. The smallest absolute Gasteiger partial charge is 0.142 e. The van der Waals surface area contributed by atoms with Crippen molar-refractivity contribution in [1.82, 2.24) is 0 Å². The van der Waals surface area contributed by atoms with Gasteiger partial charge >= 0.3 is 0 Å². The summed E-state index contributed by atoms with van der Waals surface area (Å²) in [6.45, 7) is 0.353. The second-order valence-electron chi connectivity index (χ2n) is 2.23. The summed E-state index contributed by atoms with van der Waals surface area (Å²) >= 11 is 0. The molecule has 0 saturated heterocycles. The normalized spacial score (nSPS) is 10.4. The molecule has 0 radical (unpaired) electrons. The number of hydrogen-bond donors (Lipinski definition) is 1. The predicted octanol–water partition coefficient (Wildman–Crippen LogP) is 1.18. The summed E-state index contributed by atoms with van der Waals surface area (Å²) in [6, 6.07) is 9.73. The highest BCUT2D eigenvalue weighted by molar-refractivity contribution is 5.57. The molecule has 3 nitrogen and oxygen atoms in total. The van der Waals surface area contributed by atoms with Gasteiger partial charge in [0.05, 0.1) is 12.8 Å². The van der Waals surface area contributed by atoms with E-state index in [0.717, 1.165) is 5.56 Å². The van der Waals surface area contributed by atoms with Crippen LogP contribution in [-0.4, -0.2) is 17.9 Å². The van der Waals surface area contributed by atoms with Gasteiger partial charge in [-0.2, -0.15) is 0 Å². The number of hydrogen-bond acceptors (Lipinski definition) is 3. The summed E-state index contributed by atoms with van der Waals surface area (Å²) in [4.78, 5) is 4.87. The second kappa shape index (κ2) is 5.32. The fourth-order valence-corrected chi connectivity index (χ4v) is 0.772. The summed E-state index contributed by atoms with van der Waals surface area (Å²) in [5.74, 6) is 0. The van der Waals surface area contributed by atoms with Crippen molar-refractivity contribution in [1.29, 1.82) is 0 Å². The first kappa shape index (κ1) is 8.74. The van der Waals surface area contributed by atoms with E-state index < -0.39 is 0 Å². The van der Waals surface area contributed by atoms with Crippen LogP contribution in [0.3, 0.4) is 0 Å². The van der Waals surface area contributed by atoms with Crippen molar-refractivity contribution in [3.8, 4) is 0 Å². The van der Waals surface area contributed by atoms with Gasteiger partial charge in [-0.05, 0) is 5.56 Å². The van der Waals surface area contributed by atoms with Gasteiger partial charge < -0.3 is 9.94 Å². The summed E-state index contributed by atoms with van der Waals surface area (Å²) in [5.41, 5.74) is 1.06. The lowest BCUT2D eigenvalue weighted by molar-refractivity contribution is 0.130. The molecule has 0 heterocycles. The molecule has 0 fully saturated rings. The molecule has 0 amide bonds. The highest BCUT2D eigenvalue weighted by Crippen LogP contribution is 1.99. The lowest BCUT2D eigenvalue weighted by Gasteiger charge is -1.97. The van der Waals surface area contributed by atoms with Crippen molar-refractivity contribution in [2.75, 3.05) is 6.61 Å². The SMILES string of the molecule is OC/C=N/OCc1ccccc1. The van der Waals surface area contributed by atoms with E-state index in [2.05, 4.69) is 5.16 Å². The van der Waals surface area contributed by atoms with Gasteiger partial charge in [-0.3, -0.25) is 0 Å². The molecule has 1 aromatic rings. The number of aliphatic hydroxyl groups is 1. The zero-order chi connectivity index (χ0) is 8.65. The van der Waals surface area contributed by atoms with Crippen LogP contribution < -0.4 is 0 Å². The predicted molar refractivity (Wildman–Crippen MR) is 46.8 cm³/mol. The summed E-state index contributed by atoms with van der Waals surface area (Å²) < 4.78 is 0. The topological polar surface area (TPSA) is 41.8 Å². The Hall–Kier alpha value is -1.35. The van der Waals surface area contributed by atoms with Gasteiger partial charge in [-0.25, -0.2) is 0 Å². The number of benzene rings is 1. The van der Waals surface area contributed by atoms with Gasteiger partial charge in [0.1, 0.15) is 6.61 Å². The minimum absolute atomic E-state index is 0.0885. The molecule has 0 saturated carbocycles. The molecule has 1 N–H and O–H groups in total. The molecule has 0 aliphatic heterocycles. The third kappa shape index (κ3) is 3.16. The van der Waals surface area contributed by atoms with Crippen LogP contribution in [-0.2, 0) is 11.4 Å². The maximum Gasteiger partial charge on any atom is 0.142 e. The summed E-state index contributed by atoms with van der Waals surface area (Å²) in [5, 5.41) is 11.8. The van der Waals surface area contributed by atoms with Gasteiger partial charge in [0.25, 0.3) is 0 Å². The van der Waals surface area contributed by atoms with E-state index in [1.54, 1.807) is 0 Å². The molecule has 0 unspecified atom stereocenters. The van der Waals surface area contributed by atoms with E-state index in [-0.39, 0.29) is 6.61 Å². The summed E-state index contributed by atoms with van der Waals surface area (Å²) in [6.07, 6.45) is 1.31. The van der Waals surface area contributed by atoms with Crippen LogP contribution in [0.1, 0.15) is 5.56 Å². The Morgan fingerprint density at radius 3 is 2.75 bits per heavy atom. The average molecular weight is 165 g/mol. The van der Waals surface area contributed by atoms with Crippen molar-refractivity contribution in [3.63, 3.8) is 0 Å². The minimum Gasteiger partial charge on any atom is -0.391 e. The van der Waals surface area contributed by atoms with Crippen LogP contribution >= 0.6 is 0 Å². The third-order valence-corrected chi connectivity index (χ3v) is 1.30. The monoisotopic (exact) mass is 165 g/mol. The Labute approximate surface area is 71.3 Å². The van der Waals surface area contributed by atoms with Crippen molar-refractivity contribution in [3.05, 3.63) is 35.9 Å². The van der Waals surface area contributed by atoms with Crippen LogP contribution in [0.25, 0.3) is 0 Å². The molecule has 0 aromatic heterocycles. The number of rotatable bonds is 4. The first-order valence-electron chi connectivity index (χ1n) is 3.72. The molecule has 0 aliphatic rings. The Kier molecular flexibility index (Phi) is 3.88. The molecule has 0 spiro atoms. The largest absolute Gasteiger partial charge is 0.391 e. The Morgan fingerprint density at radius 1 is 1.33 bits per heavy atom. The molecule has 0 aliphatic carbocycles. The van der Waals surface area contributed by atoms with Gasteiger partial charge in [0.2, 0.25) is 0 Å². The van der Waals surface area contributed by atoms with Gasteiger partial charge in [0, 0.05) is 0 Å². The number of oxime groups is 1. The minimum atomic E-state index is -0.0885. The first-order chi connectivity index (χ1) is 5.93. The molecular formula is C9H11NO2. The summed E-state index contributed by atoms with van der Waals surface area (Å²) in [7, 11) is 0. The highest BCUT2D eigenvalue weighted by atomic mass is 16.6. The molecule has 64 valence electrons. The van der Waals surface area contributed by atoms with E-state index in [4.69, 9.17) is 9.94 Å². The van der Waals surface area contributed by atoms with E-state index in [9.17, 15) is 0 Å². The zero-order valence-electron chi connectivity index (χ0n) is 6.68. The van der Waals surface area contributed by atoms with E-state index in [1.165, 1.54) is 6.21 Å². The van der Waals surface area contributed by atoms with Gasteiger partial charge in [-0.15, -0.1) is 0 Å². The first-order valence-corrected chi connectivity index (χ1v) is 3.72. The lowest BCUT2D eigenvalue weighted by atomic mass is 10.2. The maximum absolute atomic E-state index is 8.33. The van der Waals surface area contributed by atoms with Crippen LogP contribution in [0.4, 0.5) is 0 Å². The molecule has 1 aromatic carbocycles. The van der Waals surface area contributed by atoms with E-state index in [1.807, 2.05) is 30.3 Å². The number of nitrogens with zero attached hydrogens (tertiary/aromatic N) is 1. The van der Waals surface area contributed by atoms with Crippen molar-refractivity contribution >= 4 is 6.21 Å². The maximum atomic E-state index is 8.33. The molecular weight excluding hydrogens is 154 g/mol. The van der Waals surface area contributed by atoms with Crippen LogP contribution in [0, 0.1) is 0 Å². The third-order valence-electron chi connectivity index (χ3n) is 1.30. The average Bonchev–Trinajstić information content (AvgIpc) is 2.14. The molecule has 3 heteroatoms. The lowest BCUT2D eigenvalue weighted by Crippen LogP contribution is -1.88. The Bertz CT molecular complexity index is 234.